The normalized spacial score (nSPS) is 12.2. The average Bonchev–Trinajstić information content (AvgIpc) is 2.37. The second-order valence-corrected chi connectivity index (χ2v) is 3.76. The Hall–Kier alpha value is -1.26. The van der Waals surface area contributed by atoms with Crippen LogP contribution in [0.1, 0.15) is 24.9 Å². The number of nitrogens with two attached hydrogens (primary N) is 1. The van der Waals surface area contributed by atoms with Gasteiger partial charge in [-0.25, -0.2) is 0 Å². The Morgan fingerprint density at radius 2 is 1.76 bits per heavy atom. The van der Waals surface area contributed by atoms with Crippen molar-refractivity contribution >= 4 is 0 Å². The minimum atomic E-state index is -0.243. The van der Waals surface area contributed by atoms with Crippen molar-refractivity contribution in [1.82, 2.24) is 0 Å². The van der Waals surface area contributed by atoms with Crippen LogP contribution in [0, 0.1) is 0 Å². The van der Waals surface area contributed by atoms with Gasteiger partial charge in [-0.15, -0.1) is 0 Å². The fraction of sp³-hybridized carbons (Fsp3) is 0.538. The van der Waals surface area contributed by atoms with Gasteiger partial charge in [0.05, 0.1) is 32.4 Å². The highest BCUT2D eigenvalue weighted by Crippen LogP contribution is 2.32. The Morgan fingerprint density at radius 3 is 2.24 bits per heavy atom. The van der Waals surface area contributed by atoms with Crippen LogP contribution >= 0.6 is 0 Å². The molecule has 0 radical (unpaired) electrons. The fourth-order valence-electron chi connectivity index (χ4n) is 1.68. The molecule has 4 heteroatoms. The summed E-state index contributed by atoms with van der Waals surface area (Å²) in [5.41, 5.74) is 6.96. The lowest BCUT2D eigenvalue weighted by Crippen LogP contribution is -2.19. The zero-order valence-corrected chi connectivity index (χ0v) is 10.7. The van der Waals surface area contributed by atoms with Crippen molar-refractivity contribution in [1.29, 1.82) is 0 Å². The molecule has 1 unspecified atom stereocenters. The van der Waals surface area contributed by atoms with E-state index in [0.717, 1.165) is 23.5 Å². The van der Waals surface area contributed by atoms with Gasteiger partial charge in [0.1, 0.15) is 11.5 Å². The molecule has 17 heavy (non-hydrogen) atoms. The lowest BCUT2D eigenvalue weighted by molar-refractivity contribution is 0.120. The van der Waals surface area contributed by atoms with E-state index in [1.165, 1.54) is 0 Å². The smallest absolute Gasteiger partial charge is 0.127 e. The zero-order chi connectivity index (χ0) is 12.7. The number of methoxy groups -OCH3 is 2. The molecule has 0 aliphatic carbocycles. The molecule has 1 aromatic rings. The second-order valence-electron chi connectivity index (χ2n) is 3.76. The highest BCUT2D eigenvalue weighted by molar-refractivity contribution is 5.46. The molecule has 0 amide bonds. The summed E-state index contributed by atoms with van der Waals surface area (Å²) < 4.78 is 16.1. The number of hydrogen-bond donors (Lipinski definition) is 1. The Balaban J connectivity index is 2.85. The van der Waals surface area contributed by atoms with Gasteiger partial charge in [0, 0.05) is 6.61 Å². The molecule has 4 nitrogen and oxygen atoms in total. The van der Waals surface area contributed by atoms with Crippen LogP contribution in [0.25, 0.3) is 0 Å². The van der Waals surface area contributed by atoms with E-state index in [0.29, 0.717) is 13.2 Å². The van der Waals surface area contributed by atoms with Gasteiger partial charge in [0.2, 0.25) is 0 Å². The first-order valence-corrected chi connectivity index (χ1v) is 5.78. The van der Waals surface area contributed by atoms with E-state index >= 15 is 0 Å². The first kappa shape index (κ1) is 13.8. The summed E-state index contributed by atoms with van der Waals surface area (Å²) in [5.74, 6) is 1.47. The second kappa shape index (κ2) is 7.14. The van der Waals surface area contributed by atoms with Crippen molar-refractivity contribution in [2.75, 3.05) is 27.4 Å². The van der Waals surface area contributed by atoms with E-state index in [2.05, 4.69) is 6.92 Å². The Morgan fingerprint density at radius 1 is 1.18 bits per heavy atom. The van der Waals surface area contributed by atoms with Crippen molar-refractivity contribution < 1.29 is 14.2 Å². The average molecular weight is 239 g/mol. The van der Waals surface area contributed by atoms with Crippen LogP contribution in [-0.2, 0) is 4.74 Å². The topological polar surface area (TPSA) is 53.7 Å². The maximum atomic E-state index is 6.10. The predicted octanol–water partition coefficient (Wildman–Crippen LogP) is 2.13. The van der Waals surface area contributed by atoms with Gasteiger partial charge in [-0.05, 0) is 18.6 Å². The van der Waals surface area contributed by atoms with Crippen LogP contribution < -0.4 is 15.2 Å². The maximum Gasteiger partial charge on any atom is 0.127 e. The zero-order valence-electron chi connectivity index (χ0n) is 10.7. The fourth-order valence-corrected chi connectivity index (χ4v) is 1.68. The summed E-state index contributed by atoms with van der Waals surface area (Å²) in [5, 5.41) is 0. The summed E-state index contributed by atoms with van der Waals surface area (Å²) >= 11 is 0. The SMILES string of the molecule is CCCOCC(N)c1c(OC)cccc1OC. The first-order chi connectivity index (χ1) is 8.24. The van der Waals surface area contributed by atoms with Gasteiger partial charge in [0.15, 0.2) is 0 Å². The van der Waals surface area contributed by atoms with E-state index in [-0.39, 0.29) is 6.04 Å². The van der Waals surface area contributed by atoms with Crippen LogP contribution in [0.5, 0.6) is 11.5 Å². The number of ether oxygens (including phenoxy) is 3. The monoisotopic (exact) mass is 239 g/mol. The first-order valence-electron chi connectivity index (χ1n) is 5.78. The molecule has 0 fully saturated rings. The third-order valence-electron chi connectivity index (χ3n) is 2.48. The lowest BCUT2D eigenvalue weighted by atomic mass is 10.1. The van der Waals surface area contributed by atoms with Crippen LogP contribution in [0.2, 0.25) is 0 Å². The van der Waals surface area contributed by atoms with E-state index < -0.39 is 0 Å². The van der Waals surface area contributed by atoms with E-state index in [9.17, 15) is 0 Å². The highest BCUT2D eigenvalue weighted by atomic mass is 16.5. The summed E-state index contributed by atoms with van der Waals surface area (Å²) in [6, 6.07) is 5.38. The molecule has 0 aliphatic heterocycles. The van der Waals surface area contributed by atoms with Crippen molar-refractivity contribution in [2.45, 2.75) is 19.4 Å². The number of hydrogen-bond acceptors (Lipinski definition) is 4. The van der Waals surface area contributed by atoms with Crippen LogP contribution in [-0.4, -0.2) is 27.4 Å². The van der Waals surface area contributed by atoms with Crippen molar-refractivity contribution in [3.63, 3.8) is 0 Å². The molecule has 0 aliphatic rings. The molecule has 0 saturated carbocycles. The number of rotatable bonds is 7. The standard InChI is InChI=1S/C13H21NO3/c1-4-8-17-9-10(14)13-11(15-2)6-5-7-12(13)16-3/h5-7,10H,4,8-9,14H2,1-3H3. The van der Waals surface area contributed by atoms with Crippen LogP contribution in [0.15, 0.2) is 18.2 Å². The highest BCUT2D eigenvalue weighted by Gasteiger charge is 2.17. The molecule has 96 valence electrons. The van der Waals surface area contributed by atoms with Gasteiger partial charge in [0.25, 0.3) is 0 Å². The minimum Gasteiger partial charge on any atom is -0.496 e. The molecular weight excluding hydrogens is 218 g/mol. The molecule has 0 heterocycles. The Bertz CT molecular complexity index is 319. The van der Waals surface area contributed by atoms with Gasteiger partial charge >= 0.3 is 0 Å². The van der Waals surface area contributed by atoms with Crippen molar-refractivity contribution in [3.05, 3.63) is 23.8 Å². The van der Waals surface area contributed by atoms with Crippen LogP contribution in [0.3, 0.4) is 0 Å². The van der Waals surface area contributed by atoms with Gasteiger partial charge < -0.3 is 19.9 Å². The van der Waals surface area contributed by atoms with Crippen molar-refractivity contribution in [2.24, 2.45) is 5.73 Å². The molecule has 1 aromatic carbocycles. The third-order valence-corrected chi connectivity index (χ3v) is 2.48. The third kappa shape index (κ3) is 3.61. The summed E-state index contributed by atoms with van der Waals surface area (Å²) in [7, 11) is 3.25. The predicted molar refractivity (Wildman–Crippen MR) is 67.6 cm³/mol. The van der Waals surface area contributed by atoms with Gasteiger partial charge in [-0.1, -0.05) is 13.0 Å². The summed E-state index contributed by atoms with van der Waals surface area (Å²) in [6.07, 6.45) is 0.982. The molecule has 2 N–H and O–H groups in total. The minimum absolute atomic E-state index is 0.243. The molecule has 0 saturated heterocycles. The molecule has 0 aromatic heterocycles. The van der Waals surface area contributed by atoms with Gasteiger partial charge in [-0.3, -0.25) is 0 Å². The lowest BCUT2D eigenvalue weighted by Gasteiger charge is -2.18. The van der Waals surface area contributed by atoms with E-state index in [4.69, 9.17) is 19.9 Å². The molecule has 0 spiro atoms. The summed E-state index contributed by atoms with van der Waals surface area (Å²) in [4.78, 5) is 0. The Labute approximate surface area is 103 Å². The van der Waals surface area contributed by atoms with Crippen molar-refractivity contribution in [3.8, 4) is 11.5 Å². The van der Waals surface area contributed by atoms with E-state index in [1.807, 2.05) is 18.2 Å². The maximum absolute atomic E-state index is 6.10. The molecule has 1 rings (SSSR count). The van der Waals surface area contributed by atoms with Crippen LogP contribution in [0.4, 0.5) is 0 Å². The van der Waals surface area contributed by atoms with E-state index in [1.54, 1.807) is 14.2 Å². The number of benzene rings is 1. The van der Waals surface area contributed by atoms with Gasteiger partial charge in [-0.2, -0.15) is 0 Å². The quantitative estimate of drug-likeness (QED) is 0.741. The molecule has 1 atom stereocenters. The summed E-state index contributed by atoms with van der Waals surface area (Å²) in [6.45, 7) is 3.24. The molecular formula is C13H21NO3. The molecule has 0 bridgehead atoms. The largest absolute Gasteiger partial charge is 0.496 e. The Kier molecular flexibility index (Phi) is 5.80.